The molecule has 3 fully saturated rings. The highest BCUT2D eigenvalue weighted by Crippen LogP contribution is 2.46. The molecule has 242 valence electrons. The average Bonchev–Trinajstić information content (AvgIpc) is 3.35. The van der Waals surface area contributed by atoms with Crippen molar-refractivity contribution in [2.75, 3.05) is 6.54 Å². The van der Waals surface area contributed by atoms with E-state index in [0.717, 1.165) is 25.7 Å². The van der Waals surface area contributed by atoms with Gasteiger partial charge in [-0.3, -0.25) is 14.4 Å². The third-order valence-corrected chi connectivity index (χ3v) is 10.7. The van der Waals surface area contributed by atoms with Crippen molar-refractivity contribution in [2.45, 2.75) is 141 Å². The summed E-state index contributed by atoms with van der Waals surface area (Å²) in [6.07, 6.45) is 10.3. The highest BCUT2D eigenvalue weighted by molar-refractivity contribution is 7.87. The molecule has 2 unspecified atom stereocenters. The molecule has 0 aromatic heterocycles. The molecule has 4 rings (SSSR count). The summed E-state index contributed by atoms with van der Waals surface area (Å²) in [5.74, 6) is -1.98. The van der Waals surface area contributed by atoms with Crippen molar-refractivity contribution in [3.63, 3.8) is 0 Å². The number of carbonyl (C=O) groups excluding carboxylic acids is 4. The Hall–Kier alpha value is -2.67. The second-order valence-electron chi connectivity index (χ2n) is 13.6. The Bertz CT molecular complexity index is 1210. The lowest BCUT2D eigenvalue weighted by Crippen LogP contribution is -2.60. The average molecular weight is 624 g/mol. The van der Waals surface area contributed by atoms with Crippen LogP contribution in [0.2, 0.25) is 0 Å². The van der Waals surface area contributed by atoms with Gasteiger partial charge in [-0.2, -0.15) is 12.7 Å². The van der Waals surface area contributed by atoms with E-state index in [9.17, 15) is 27.6 Å². The van der Waals surface area contributed by atoms with Crippen LogP contribution in [0.3, 0.4) is 0 Å². The van der Waals surface area contributed by atoms with E-state index in [1.807, 2.05) is 26.0 Å². The molecule has 0 aromatic carbocycles. The number of fused-ring (bicyclic) bond motifs is 2. The number of amides is 4. The largest absolute Gasteiger partial charge is 0.444 e. The second kappa shape index (κ2) is 13.1. The third-order valence-electron chi connectivity index (χ3n) is 8.94. The van der Waals surface area contributed by atoms with Crippen molar-refractivity contribution < 1.29 is 32.3 Å². The lowest BCUT2D eigenvalue weighted by atomic mass is 10.0. The third kappa shape index (κ3) is 7.89. The van der Waals surface area contributed by atoms with Gasteiger partial charge in [0.1, 0.15) is 23.2 Å². The minimum Gasteiger partial charge on any atom is -0.444 e. The summed E-state index contributed by atoms with van der Waals surface area (Å²) in [4.78, 5) is 55.3. The second-order valence-corrected chi connectivity index (χ2v) is 15.2. The first-order chi connectivity index (χ1) is 20.1. The van der Waals surface area contributed by atoms with Crippen molar-refractivity contribution in [3.05, 3.63) is 12.2 Å². The maximum absolute atomic E-state index is 13.7. The predicted molar refractivity (Wildman–Crippen MR) is 161 cm³/mol. The van der Waals surface area contributed by atoms with Crippen molar-refractivity contribution >= 4 is 34.0 Å². The molecule has 3 heterocycles. The van der Waals surface area contributed by atoms with Gasteiger partial charge in [-0.15, -0.1) is 0 Å². The number of carbonyl (C=O) groups is 4. The van der Waals surface area contributed by atoms with Crippen LogP contribution in [0.4, 0.5) is 4.79 Å². The minimum atomic E-state index is -4.14. The van der Waals surface area contributed by atoms with Gasteiger partial charge in [-0.1, -0.05) is 31.4 Å². The zero-order chi connectivity index (χ0) is 31.6. The van der Waals surface area contributed by atoms with E-state index in [1.165, 1.54) is 9.21 Å². The zero-order valence-corrected chi connectivity index (χ0v) is 27.0. The van der Waals surface area contributed by atoms with Gasteiger partial charge < -0.3 is 20.3 Å². The fraction of sp³-hybridized carbons (Fsp3) is 0.800. The van der Waals surface area contributed by atoms with Crippen LogP contribution in [0.1, 0.15) is 105 Å². The molecule has 1 saturated carbocycles. The fourth-order valence-electron chi connectivity index (χ4n) is 6.68. The molecule has 12 nitrogen and oxygen atoms in total. The summed E-state index contributed by atoms with van der Waals surface area (Å²) >= 11 is 0. The summed E-state index contributed by atoms with van der Waals surface area (Å²) < 4.78 is 35.9. The maximum Gasteiger partial charge on any atom is 0.408 e. The number of hydrogen-bond acceptors (Lipinski definition) is 7. The van der Waals surface area contributed by atoms with E-state index in [-0.39, 0.29) is 30.3 Å². The Morgan fingerprint density at radius 3 is 2.37 bits per heavy atom. The van der Waals surface area contributed by atoms with Gasteiger partial charge in [0.15, 0.2) is 0 Å². The first kappa shape index (κ1) is 33.2. The highest BCUT2D eigenvalue weighted by Gasteiger charge is 2.61. The smallest absolute Gasteiger partial charge is 0.408 e. The molecule has 1 aliphatic carbocycles. The molecule has 3 N–H and O–H groups in total. The van der Waals surface area contributed by atoms with Crippen molar-refractivity contribution in [3.8, 4) is 0 Å². The number of ether oxygens (including phenoxy) is 1. The van der Waals surface area contributed by atoms with Gasteiger partial charge in [0.25, 0.3) is 5.91 Å². The predicted octanol–water partition coefficient (Wildman–Crippen LogP) is 2.89. The van der Waals surface area contributed by atoms with Crippen LogP contribution >= 0.6 is 0 Å². The van der Waals surface area contributed by atoms with Crippen LogP contribution in [0.25, 0.3) is 0 Å². The van der Waals surface area contributed by atoms with Crippen LogP contribution in [0.15, 0.2) is 12.2 Å². The van der Waals surface area contributed by atoms with E-state index in [1.54, 1.807) is 20.8 Å². The molecular weight excluding hydrogens is 574 g/mol. The van der Waals surface area contributed by atoms with E-state index >= 15 is 0 Å². The first-order valence-electron chi connectivity index (χ1n) is 15.8. The van der Waals surface area contributed by atoms with Gasteiger partial charge in [0, 0.05) is 24.5 Å². The molecule has 0 radical (unpaired) electrons. The number of alkyl carbamates (subject to hydrolysis) is 1. The Morgan fingerprint density at radius 1 is 1.00 bits per heavy atom. The Balaban J connectivity index is 1.55. The van der Waals surface area contributed by atoms with Gasteiger partial charge >= 0.3 is 16.3 Å². The molecule has 2 saturated heterocycles. The number of nitrogens with one attached hydrogen (secondary N) is 3. The van der Waals surface area contributed by atoms with Crippen molar-refractivity contribution in [1.29, 1.82) is 0 Å². The van der Waals surface area contributed by atoms with Gasteiger partial charge in [0.2, 0.25) is 11.8 Å². The van der Waals surface area contributed by atoms with Crippen LogP contribution in [0, 0.1) is 5.92 Å². The summed E-state index contributed by atoms with van der Waals surface area (Å²) in [5, 5.41) is 5.59. The van der Waals surface area contributed by atoms with Crippen LogP contribution in [0.5, 0.6) is 0 Å². The zero-order valence-electron chi connectivity index (χ0n) is 26.2. The van der Waals surface area contributed by atoms with Gasteiger partial charge in [0.05, 0.1) is 0 Å². The summed E-state index contributed by atoms with van der Waals surface area (Å²) in [6.45, 7) is 9.25. The number of piperidine rings is 1. The summed E-state index contributed by atoms with van der Waals surface area (Å²) in [7, 11) is -4.14. The number of nitrogens with zero attached hydrogens (tertiary/aromatic N) is 2. The van der Waals surface area contributed by atoms with E-state index in [0.29, 0.717) is 45.1 Å². The number of allylic oxidation sites excluding steroid dienone is 1. The highest BCUT2D eigenvalue weighted by atomic mass is 32.2. The van der Waals surface area contributed by atoms with Gasteiger partial charge in [-0.25, -0.2) is 9.52 Å². The van der Waals surface area contributed by atoms with Crippen molar-refractivity contribution in [1.82, 2.24) is 24.6 Å². The molecule has 0 spiro atoms. The lowest BCUT2D eigenvalue weighted by molar-refractivity contribution is -0.141. The van der Waals surface area contributed by atoms with Crippen LogP contribution < -0.4 is 15.4 Å². The van der Waals surface area contributed by atoms with E-state index in [4.69, 9.17) is 4.74 Å². The molecule has 13 heteroatoms. The molecule has 4 aliphatic rings. The molecule has 3 aliphatic heterocycles. The Morgan fingerprint density at radius 2 is 1.70 bits per heavy atom. The molecule has 6 atom stereocenters. The van der Waals surface area contributed by atoms with Crippen LogP contribution in [-0.4, -0.2) is 83.3 Å². The molecular formula is C30H49N5O7S. The fourth-order valence-corrected chi connectivity index (χ4v) is 8.36. The maximum atomic E-state index is 13.7. The van der Waals surface area contributed by atoms with Crippen molar-refractivity contribution in [2.24, 2.45) is 5.92 Å². The summed E-state index contributed by atoms with van der Waals surface area (Å²) in [5.41, 5.74) is -2.16. The molecule has 0 bridgehead atoms. The topological polar surface area (TPSA) is 154 Å². The van der Waals surface area contributed by atoms with E-state index < -0.39 is 51.3 Å². The quantitative estimate of drug-likeness (QED) is 0.407. The monoisotopic (exact) mass is 623 g/mol. The normalized spacial score (nSPS) is 33.6. The number of rotatable bonds is 4. The molecule has 4 amide bonds. The molecule has 0 aromatic rings. The first-order valence-corrected chi connectivity index (χ1v) is 17.2. The Kier molecular flexibility index (Phi) is 10.1. The SMILES string of the molecule is CC1CCCC(C)N1S(=O)(=O)NC(=O)[C@@]12C[C@@H]1/C=C\CCCCC[C@H](NC(=O)OC(C)(C)C)C(=O)N1CCC[C@H]1C(=O)N2. The molecule has 43 heavy (non-hydrogen) atoms. The Labute approximate surface area is 255 Å². The number of hydrogen-bond donors (Lipinski definition) is 3. The van der Waals surface area contributed by atoms with Gasteiger partial charge in [-0.05, 0) is 86.0 Å². The van der Waals surface area contributed by atoms with E-state index in [2.05, 4.69) is 15.4 Å². The standard InChI is InChI=1S/C30H49N5O7S/c1-20-13-11-14-21(2)35(20)43(40,41)33-27(38)30-19-22(30)15-9-7-6-8-10-16-23(31-28(39)42-29(3,4)5)26(37)34-18-12-17-24(34)25(36)32-30/h9,15,20-24H,6-8,10-14,16-19H2,1-5H3,(H,31,39)(H,32,36)(H,33,38)/b15-9-/t20?,21?,22-,23-,24-,30+/m0/s1. The van der Waals surface area contributed by atoms with Crippen LogP contribution in [-0.2, 0) is 29.3 Å². The summed E-state index contributed by atoms with van der Waals surface area (Å²) in [6, 6.07) is -2.18. The minimum absolute atomic E-state index is 0.246. The lowest BCUT2D eigenvalue weighted by Gasteiger charge is -2.37.